The predicted octanol–water partition coefficient (Wildman–Crippen LogP) is 12.7. The minimum Gasteiger partial charge on any atom is -0.487 e. The lowest BCUT2D eigenvalue weighted by molar-refractivity contribution is 0.172. The lowest BCUT2D eigenvalue weighted by Crippen LogP contribution is -2.54. The highest BCUT2D eigenvalue weighted by Crippen LogP contribution is 2.62. The Morgan fingerprint density at radius 1 is 0.849 bits per heavy atom. The molecule has 0 radical (unpaired) electrons. The standard InChI is InChI=1S/C50H43NOS/c1-3-18-40-35(4-2)36-23-11-14-26-41(36)50(40,33-19-7-5-8-20-33)42-32-31-38-37-24-12-15-28-44(37)52-49(38)48(42)51(34-21-9-6-10-22-34)43-27-17-30-46-47(43)39-25-13-16-29-45(39)53-46/h3-5,7-9,11-15,17-28,30,32,38,48-49H,1,6,10,16,29,31H2,2H3/b35-4-,40-18?. The van der Waals surface area contributed by atoms with Crippen LogP contribution in [-0.2, 0) is 11.8 Å². The molecular formula is C50H43NOS. The Labute approximate surface area is 317 Å². The van der Waals surface area contributed by atoms with E-state index in [1.165, 1.54) is 70.9 Å². The van der Waals surface area contributed by atoms with Gasteiger partial charge < -0.3 is 9.64 Å². The van der Waals surface area contributed by atoms with Crippen LogP contribution >= 0.6 is 11.3 Å². The predicted molar refractivity (Wildman–Crippen MR) is 224 cm³/mol. The zero-order valence-electron chi connectivity index (χ0n) is 30.2. The maximum absolute atomic E-state index is 7.33. The largest absolute Gasteiger partial charge is 0.487 e. The van der Waals surface area contributed by atoms with Crippen molar-refractivity contribution in [2.75, 3.05) is 4.90 Å². The third kappa shape index (κ3) is 4.76. The first-order valence-corrected chi connectivity index (χ1v) is 20.0. The number of aryl methyl sites for hydroxylation is 1. The van der Waals surface area contributed by atoms with E-state index in [0.29, 0.717) is 0 Å². The van der Waals surface area contributed by atoms with E-state index >= 15 is 0 Å². The lowest BCUT2D eigenvalue weighted by atomic mass is 9.61. The molecule has 0 bridgehead atoms. The minimum atomic E-state index is -0.583. The molecule has 4 atom stereocenters. The van der Waals surface area contributed by atoms with Crippen molar-refractivity contribution in [3.63, 3.8) is 0 Å². The number of rotatable bonds is 6. The van der Waals surface area contributed by atoms with Crippen molar-refractivity contribution < 1.29 is 4.74 Å². The van der Waals surface area contributed by atoms with Crippen LogP contribution in [0.3, 0.4) is 0 Å². The second-order valence-electron chi connectivity index (χ2n) is 14.8. The quantitative estimate of drug-likeness (QED) is 0.163. The van der Waals surface area contributed by atoms with Crippen molar-refractivity contribution in [2.45, 2.75) is 62.5 Å². The summed E-state index contributed by atoms with van der Waals surface area (Å²) in [6, 6.07) is 35.9. The molecule has 0 saturated heterocycles. The van der Waals surface area contributed by atoms with Gasteiger partial charge in [0, 0.05) is 32.1 Å². The van der Waals surface area contributed by atoms with Crippen molar-refractivity contribution >= 4 is 38.8 Å². The van der Waals surface area contributed by atoms with E-state index in [4.69, 9.17) is 4.74 Å². The molecule has 0 saturated carbocycles. The van der Waals surface area contributed by atoms with Crippen LogP contribution in [0.2, 0.25) is 0 Å². The number of allylic oxidation sites excluding steroid dienone is 10. The van der Waals surface area contributed by atoms with Gasteiger partial charge in [-0.25, -0.2) is 0 Å². The van der Waals surface area contributed by atoms with Gasteiger partial charge in [0.05, 0.1) is 17.1 Å². The van der Waals surface area contributed by atoms with Gasteiger partial charge in [-0.2, -0.15) is 0 Å². The number of thiophene rings is 1. The molecule has 0 N–H and O–H groups in total. The summed E-state index contributed by atoms with van der Waals surface area (Å²) in [5, 5.41) is 1.36. The fourth-order valence-electron chi connectivity index (χ4n) is 10.1. The van der Waals surface area contributed by atoms with Crippen LogP contribution in [0.4, 0.5) is 5.69 Å². The molecule has 5 aliphatic rings. The van der Waals surface area contributed by atoms with Gasteiger partial charge in [0.25, 0.3) is 0 Å². The molecule has 2 heterocycles. The Morgan fingerprint density at radius 3 is 2.53 bits per heavy atom. The number of benzene rings is 4. The van der Waals surface area contributed by atoms with Gasteiger partial charge in [0.2, 0.25) is 0 Å². The topological polar surface area (TPSA) is 12.5 Å². The van der Waals surface area contributed by atoms with E-state index < -0.39 is 5.41 Å². The summed E-state index contributed by atoms with van der Waals surface area (Å²) in [6.07, 6.45) is 26.2. The van der Waals surface area contributed by atoms with Crippen molar-refractivity contribution in [3.05, 3.63) is 202 Å². The first-order chi connectivity index (χ1) is 26.2. The molecule has 5 aromatic rings. The van der Waals surface area contributed by atoms with Gasteiger partial charge >= 0.3 is 0 Å². The molecule has 2 nitrogen and oxygen atoms in total. The number of hydrogen-bond donors (Lipinski definition) is 0. The van der Waals surface area contributed by atoms with Gasteiger partial charge in [0.1, 0.15) is 11.9 Å². The Morgan fingerprint density at radius 2 is 1.68 bits per heavy atom. The van der Waals surface area contributed by atoms with E-state index in [1.807, 2.05) is 17.4 Å². The summed E-state index contributed by atoms with van der Waals surface area (Å²) in [4.78, 5) is 4.19. The summed E-state index contributed by atoms with van der Waals surface area (Å²) in [5.74, 6) is 1.24. The number of para-hydroxylation sites is 1. The molecule has 3 heteroatoms. The maximum atomic E-state index is 7.33. The third-order valence-electron chi connectivity index (χ3n) is 12.1. The Kier molecular flexibility index (Phi) is 7.88. The van der Waals surface area contributed by atoms with Gasteiger partial charge in [-0.05, 0) is 102 Å². The highest BCUT2D eigenvalue weighted by atomic mass is 32.1. The van der Waals surface area contributed by atoms with E-state index in [1.54, 1.807) is 0 Å². The first kappa shape index (κ1) is 32.3. The Hall–Kier alpha value is -5.38. The maximum Gasteiger partial charge on any atom is 0.130 e. The van der Waals surface area contributed by atoms with Gasteiger partial charge in [-0.1, -0.05) is 134 Å². The molecular weight excluding hydrogens is 663 g/mol. The highest BCUT2D eigenvalue weighted by Gasteiger charge is 2.57. The zero-order chi connectivity index (χ0) is 35.5. The van der Waals surface area contributed by atoms with Crippen molar-refractivity contribution in [1.82, 2.24) is 0 Å². The summed E-state index contributed by atoms with van der Waals surface area (Å²) < 4.78 is 8.68. The van der Waals surface area contributed by atoms with Gasteiger partial charge in [-0.15, -0.1) is 11.3 Å². The molecule has 4 aromatic carbocycles. The summed E-state index contributed by atoms with van der Waals surface area (Å²) >= 11 is 1.97. The van der Waals surface area contributed by atoms with Crippen LogP contribution in [0.25, 0.3) is 21.7 Å². The fourth-order valence-corrected chi connectivity index (χ4v) is 11.4. The van der Waals surface area contributed by atoms with E-state index in [-0.39, 0.29) is 18.1 Å². The van der Waals surface area contributed by atoms with Crippen molar-refractivity contribution in [1.29, 1.82) is 0 Å². The minimum absolute atomic E-state index is 0.115. The van der Waals surface area contributed by atoms with E-state index in [0.717, 1.165) is 37.9 Å². The summed E-state index contributed by atoms with van der Waals surface area (Å²) in [5.41, 5.74) is 12.4. The summed E-state index contributed by atoms with van der Waals surface area (Å²) in [7, 11) is 0. The van der Waals surface area contributed by atoms with E-state index in [9.17, 15) is 0 Å². The zero-order valence-corrected chi connectivity index (χ0v) is 31.0. The van der Waals surface area contributed by atoms with Crippen molar-refractivity contribution in [2.24, 2.45) is 0 Å². The lowest BCUT2D eigenvalue weighted by Gasteiger charge is -2.49. The number of anilines is 1. The Bertz CT molecular complexity index is 2470. The van der Waals surface area contributed by atoms with E-state index in [2.05, 4.69) is 164 Å². The molecule has 10 rings (SSSR count). The van der Waals surface area contributed by atoms with Crippen LogP contribution < -0.4 is 9.64 Å². The monoisotopic (exact) mass is 705 g/mol. The van der Waals surface area contributed by atoms with Gasteiger partial charge in [-0.3, -0.25) is 0 Å². The second kappa shape index (κ2) is 12.9. The molecule has 0 spiro atoms. The second-order valence-corrected chi connectivity index (χ2v) is 15.9. The fraction of sp³-hybridized carbons (Fsp3) is 0.200. The summed E-state index contributed by atoms with van der Waals surface area (Å²) in [6.45, 7) is 6.48. The van der Waals surface area contributed by atoms with Crippen molar-refractivity contribution in [3.8, 4) is 5.75 Å². The third-order valence-corrected chi connectivity index (χ3v) is 13.4. The average molecular weight is 706 g/mol. The average Bonchev–Trinajstić information content (AvgIpc) is 3.88. The molecule has 1 aliphatic heterocycles. The number of ether oxygens (including phenoxy) is 1. The first-order valence-electron chi connectivity index (χ1n) is 19.2. The molecule has 0 fully saturated rings. The molecule has 260 valence electrons. The number of fused-ring (bicyclic) bond motifs is 7. The van der Waals surface area contributed by atoms with Crippen LogP contribution in [-0.4, -0.2) is 12.1 Å². The van der Waals surface area contributed by atoms with Crippen LogP contribution in [0, 0.1) is 0 Å². The molecule has 1 aromatic heterocycles. The number of nitrogens with zero attached hydrogens (tertiary/aromatic N) is 1. The molecule has 4 aliphatic carbocycles. The molecule has 0 amide bonds. The SMILES string of the molecule is C=CC=C1/C(=C\C)c2ccccc2C1(C1=CCC2c3ccccc3OC2C1N(C1=CCCC=C1)c1cccc2sc3c(c12)C=CCC3)c1ccccc1. The molecule has 53 heavy (non-hydrogen) atoms. The van der Waals surface area contributed by atoms with Gasteiger partial charge in [0.15, 0.2) is 0 Å². The Balaban J connectivity index is 1.32. The van der Waals surface area contributed by atoms with Crippen LogP contribution in [0.15, 0.2) is 169 Å². The normalized spacial score (nSPS) is 25.3. The molecule has 4 unspecified atom stereocenters. The van der Waals surface area contributed by atoms with Crippen LogP contribution in [0.5, 0.6) is 5.75 Å². The van der Waals surface area contributed by atoms with Crippen LogP contribution in [0.1, 0.15) is 71.2 Å². The highest BCUT2D eigenvalue weighted by molar-refractivity contribution is 7.19. The smallest absolute Gasteiger partial charge is 0.130 e. The number of hydrogen-bond acceptors (Lipinski definition) is 3.